The highest BCUT2D eigenvalue weighted by Gasteiger charge is 2.07. The topological polar surface area (TPSA) is 38.3 Å². The van der Waals surface area contributed by atoms with Crippen LogP contribution in [0.15, 0.2) is 12.7 Å². The molecule has 0 fully saturated rings. The molecule has 3 heteroatoms. The van der Waals surface area contributed by atoms with E-state index in [1.54, 1.807) is 0 Å². The van der Waals surface area contributed by atoms with Crippen LogP contribution in [0.1, 0.15) is 33.6 Å². The molecular weight excluding hydrogens is 178 g/mol. The minimum Gasteiger partial charge on any atom is -0.444 e. The lowest BCUT2D eigenvalue weighted by Crippen LogP contribution is -2.33. The van der Waals surface area contributed by atoms with Gasteiger partial charge in [0.25, 0.3) is 0 Å². The van der Waals surface area contributed by atoms with Crippen molar-refractivity contribution in [2.75, 3.05) is 6.54 Å². The molecule has 14 heavy (non-hydrogen) atoms. The maximum atomic E-state index is 10.8. The quantitative estimate of drug-likeness (QED) is 0.387. The van der Waals surface area contributed by atoms with Gasteiger partial charge in [0.15, 0.2) is 6.23 Å². The molecule has 3 nitrogen and oxygen atoms in total. The van der Waals surface area contributed by atoms with Gasteiger partial charge < -0.3 is 4.74 Å². The lowest BCUT2D eigenvalue weighted by atomic mass is 10.1. The van der Waals surface area contributed by atoms with Gasteiger partial charge in [0, 0.05) is 12.6 Å². The molecule has 0 saturated carbocycles. The second-order valence-corrected chi connectivity index (χ2v) is 3.59. The van der Waals surface area contributed by atoms with Gasteiger partial charge >= 0.3 is 5.97 Å². The summed E-state index contributed by atoms with van der Waals surface area (Å²) in [5.41, 5.74) is 0. The van der Waals surface area contributed by atoms with Crippen LogP contribution < -0.4 is 5.32 Å². The molecular formula is C11H21NO2. The number of carbonyl (C=O) groups excluding carboxylic acids is 1. The number of rotatable bonds is 7. The maximum Gasteiger partial charge on any atom is 0.331 e. The average Bonchev–Trinajstić information content (AvgIpc) is 2.15. The number of carbonyl (C=O) groups is 1. The summed E-state index contributed by atoms with van der Waals surface area (Å²) >= 11 is 0. The molecule has 0 spiro atoms. The first-order chi connectivity index (χ1) is 6.60. The Morgan fingerprint density at radius 2 is 2.21 bits per heavy atom. The predicted molar refractivity (Wildman–Crippen MR) is 57.8 cm³/mol. The molecule has 0 saturated heterocycles. The van der Waals surface area contributed by atoms with E-state index in [4.69, 9.17) is 4.74 Å². The van der Waals surface area contributed by atoms with Crippen LogP contribution in [0.3, 0.4) is 0 Å². The van der Waals surface area contributed by atoms with Crippen LogP contribution >= 0.6 is 0 Å². The van der Waals surface area contributed by atoms with Crippen molar-refractivity contribution in [1.82, 2.24) is 5.32 Å². The minimum atomic E-state index is -0.381. The first-order valence-corrected chi connectivity index (χ1v) is 5.16. The fourth-order valence-corrected chi connectivity index (χ4v) is 1.23. The summed E-state index contributed by atoms with van der Waals surface area (Å²) in [4.78, 5) is 10.8. The van der Waals surface area contributed by atoms with E-state index < -0.39 is 0 Å². The molecule has 0 aromatic carbocycles. The summed E-state index contributed by atoms with van der Waals surface area (Å²) in [5.74, 6) is 0.234. The van der Waals surface area contributed by atoms with E-state index in [0.717, 1.165) is 6.54 Å². The van der Waals surface area contributed by atoms with Crippen LogP contribution in [-0.2, 0) is 9.53 Å². The Bertz CT molecular complexity index is 180. The van der Waals surface area contributed by atoms with E-state index >= 15 is 0 Å². The number of hydrogen-bond acceptors (Lipinski definition) is 3. The minimum absolute atomic E-state index is 0.236. The monoisotopic (exact) mass is 199 g/mol. The molecule has 0 heterocycles. The van der Waals surface area contributed by atoms with Crippen LogP contribution in [0, 0.1) is 5.92 Å². The molecule has 0 bridgehead atoms. The first kappa shape index (κ1) is 13.2. The third kappa shape index (κ3) is 6.66. The van der Waals surface area contributed by atoms with Crippen LogP contribution in [0.25, 0.3) is 0 Å². The van der Waals surface area contributed by atoms with Crippen LogP contribution in [-0.4, -0.2) is 18.7 Å². The molecule has 0 amide bonds. The highest BCUT2D eigenvalue weighted by atomic mass is 16.6. The van der Waals surface area contributed by atoms with Crippen molar-refractivity contribution in [3.63, 3.8) is 0 Å². The molecule has 2 atom stereocenters. The number of ether oxygens (including phenoxy) is 1. The van der Waals surface area contributed by atoms with E-state index in [0.29, 0.717) is 5.92 Å². The maximum absolute atomic E-state index is 10.8. The number of esters is 1. The molecule has 0 aliphatic carbocycles. The van der Waals surface area contributed by atoms with Gasteiger partial charge in [0.05, 0.1) is 0 Å². The van der Waals surface area contributed by atoms with Gasteiger partial charge in [-0.15, -0.1) is 0 Å². The lowest BCUT2D eigenvalue weighted by molar-refractivity contribution is -0.143. The van der Waals surface area contributed by atoms with Gasteiger partial charge in [-0.25, -0.2) is 4.79 Å². The van der Waals surface area contributed by atoms with E-state index in [-0.39, 0.29) is 12.2 Å². The molecule has 1 N–H and O–H groups in total. The van der Waals surface area contributed by atoms with Crippen molar-refractivity contribution >= 4 is 5.97 Å². The Kier molecular flexibility index (Phi) is 7.11. The second-order valence-electron chi connectivity index (χ2n) is 3.59. The Morgan fingerprint density at radius 1 is 1.57 bits per heavy atom. The lowest BCUT2D eigenvalue weighted by Gasteiger charge is -2.17. The van der Waals surface area contributed by atoms with E-state index in [2.05, 4.69) is 25.7 Å². The molecule has 2 unspecified atom stereocenters. The van der Waals surface area contributed by atoms with Crippen molar-refractivity contribution in [3.8, 4) is 0 Å². The molecule has 82 valence electrons. The summed E-state index contributed by atoms with van der Waals surface area (Å²) in [6, 6.07) is 0. The smallest absolute Gasteiger partial charge is 0.331 e. The van der Waals surface area contributed by atoms with Gasteiger partial charge in [-0.3, -0.25) is 5.32 Å². The van der Waals surface area contributed by atoms with Gasteiger partial charge in [0.2, 0.25) is 0 Å². The molecule has 0 aromatic rings. The summed E-state index contributed by atoms with van der Waals surface area (Å²) < 4.78 is 4.96. The van der Waals surface area contributed by atoms with Crippen molar-refractivity contribution in [1.29, 1.82) is 0 Å². The Balaban J connectivity index is 3.57. The molecule has 0 radical (unpaired) electrons. The van der Waals surface area contributed by atoms with Crippen molar-refractivity contribution in [2.24, 2.45) is 5.92 Å². The second kappa shape index (κ2) is 7.56. The van der Waals surface area contributed by atoms with Crippen LogP contribution in [0.4, 0.5) is 0 Å². The molecule has 0 aliphatic heterocycles. The normalized spacial score (nSPS) is 14.5. The van der Waals surface area contributed by atoms with Crippen molar-refractivity contribution < 1.29 is 9.53 Å². The third-order valence-electron chi connectivity index (χ3n) is 1.99. The molecule has 0 aromatic heterocycles. The summed E-state index contributed by atoms with van der Waals surface area (Å²) in [7, 11) is 0. The highest BCUT2D eigenvalue weighted by molar-refractivity contribution is 5.81. The van der Waals surface area contributed by atoms with Crippen molar-refractivity contribution in [3.05, 3.63) is 12.7 Å². The Morgan fingerprint density at radius 3 is 2.71 bits per heavy atom. The summed E-state index contributed by atoms with van der Waals surface area (Å²) in [6.45, 7) is 10.4. The number of hydrogen-bond donors (Lipinski definition) is 1. The van der Waals surface area contributed by atoms with Crippen LogP contribution in [0.5, 0.6) is 0 Å². The third-order valence-corrected chi connectivity index (χ3v) is 1.99. The largest absolute Gasteiger partial charge is 0.444 e. The summed E-state index contributed by atoms with van der Waals surface area (Å²) in [6.07, 6.45) is 3.31. The average molecular weight is 199 g/mol. The van der Waals surface area contributed by atoms with Gasteiger partial charge in [-0.05, 0) is 19.3 Å². The zero-order chi connectivity index (χ0) is 11.0. The summed E-state index contributed by atoms with van der Waals surface area (Å²) in [5, 5.41) is 3.14. The fraction of sp³-hybridized carbons (Fsp3) is 0.727. The Labute approximate surface area is 86.5 Å². The van der Waals surface area contributed by atoms with Crippen LogP contribution in [0.2, 0.25) is 0 Å². The van der Waals surface area contributed by atoms with Gasteiger partial charge in [0.1, 0.15) is 0 Å². The van der Waals surface area contributed by atoms with Gasteiger partial charge in [-0.1, -0.05) is 26.8 Å². The van der Waals surface area contributed by atoms with Gasteiger partial charge in [-0.2, -0.15) is 0 Å². The van der Waals surface area contributed by atoms with Crippen molar-refractivity contribution in [2.45, 2.75) is 39.8 Å². The van der Waals surface area contributed by atoms with E-state index in [1.165, 1.54) is 18.9 Å². The number of nitrogens with one attached hydrogen (secondary N) is 1. The zero-order valence-electron chi connectivity index (χ0n) is 9.38. The molecule has 0 rings (SSSR count). The Hall–Kier alpha value is -0.830. The first-order valence-electron chi connectivity index (χ1n) is 5.16. The SMILES string of the molecule is C=CC(=O)OC(C)NCC(C)CCC. The standard InChI is InChI=1S/C11H21NO2/c1-5-7-9(3)8-12-10(4)14-11(13)6-2/h6,9-10,12H,2,5,7-8H2,1,3-4H3. The molecule has 0 aliphatic rings. The zero-order valence-corrected chi connectivity index (χ0v) is 9.38. The predicted octanol–water partition coefficient (Wildman–Crippen LogP) is 2.09. The fourth-order valence-electron chi connectivity index (χ4n) is 1.23. The van der Waals surface area contributed by atoms with E-state index in [1.807, 2.05) is 6.92 Å². The van der Waals surface area contributed by atoms with E-state index in [9.17, 15) is 4.79 Å². The highest BCUT2D eigenvalue weighted by Crippen LogP contribution is 2.03.